The average Bonchev–Trinajstić information content (AvgIpc) is 3.18. The van der Waals surface area contributed by atoms with Gasteiger partial charge in [0.1, 0.15) is 0 Å². The van der Waals surface area contributed by atoms with Crippen LogP contribution in [0.25, 0.3) is 21.7 Å². The summed E-state index contributed by atoms with van der Waals surface area (Å²) in [5.41, 5.74) is 2.77. The second-order valence-electron chi connectivity index (χ2n) is 7.35. The van der Waals surface area contributed by atoms with E-state index >= 15 is 0 Å². The number of nitrogens with zero attached hydrogens (tertiary/aromatic N) is 2. The molecule has 0 fully saturated rings. The number of carbonyl (C=O) groups is 1. The van der Waals surface area contributed by atoms with E-state index in [0.717, 1.165) is 5.52 Å². The molecule has 1 amide bonds. The Balaban J connectivity index is 1.56. The first-order chi connectivity index (χ1) is 14.6. The number of methoxy groups -OCH3 is 1. The van der Waals surface area contributed by atoms with Gasteiger partial charge in [-0.15, -0.1) is 0 Å². The van der Waals surface area contributed by atoms with E-state index in [4.69, 9.17) is 4.74 Å². The molecule has 2 heterocycles. The molecule has 154 valence electrons. The molecule has 0 aliphatic rings. The van der Waals surface area contributed by atoms with Gasteiger partial charge in [0.2, 0.25) is 0 Å². The molecule has 0 saturated heterocycles. The van der Waals surface area contributed by atoms with Crippen molar-refractivity contribution in [2.24, 2.45) is 0 Å². The Bertz CT molecular complexity index is 1270. The van der Waals surface area contributed by atoms with Crippen molar-refractivity contribution >= 4 is 27.6 Å². The number of fused-ring (bicyclic) bond motifs is 2. The average molecular weight is 403 g/mol. The van der Waals surface area contributed by atoms with Crippen LogP contribution in [0.15, 0.2) is 65.7 Å². The molecule has 30 heavy (non-hydrogen) atoms. The van der Waals surface area contributed by atoms with Crippen LogP contribution in [0.2, 0.25) is 0 Å². The molecule has 0 radical (unpaired) electrons. The predicted molar refractivity (Wildman–Crippen MR) is 119 cm³/mol. The summed E-state index contributed by atoms with van der Waals surface area (Å²) in [6.07, 6.45) is 3.68. The SMILES string of the molecule is COCCn1cc(C(=O)NCCn2ccc3c(C)cccc32)c2ccccc2c1=O. The lowest BCUT2D eigenvalue weighted by molar-refractivity contribution is 0.0953. The number of aryl methyl sites for hydroxylation is 1. The molecule has 0 aliphatic carbocycles. The first-order valence-electron chi connectivity index (χ1n) is 10.0. The fourth-order valence-corrected chi connectivity index (χ4v) is 3.84. The molecular weight excluding hydrogens is 378 g/mol. The van der Waals surface area contributed by atoms with Crippen molar-refractivity contribution in [1.29, 1.82) is 0 Å². The molecule has 4 rings (SSSR count). The van der Waals surface area contributed by atoms with E-state index in [0.29, 0.717) is 42.6 Å². The quantitative estimate of drug-likeness (QED) is 0.515. The third-order valence-electron chi connectivity index (χ3n) is 5.44. The highest BCUT2D eigenvalue weighted by atomic mass is 16.5. The molecule has 6 nitrogen and oxygen atoms in total. The van der Waals surface area contributed by atoms with Gasteiger partial charge < -0.3 is 19.2 Å². The van der Waals surface area contributed by atoms with Gasteiger partial charge in [0, 0.05) is 60.8 Å². The Morgan fingerprint density at radius 2 is 1.77 bits per heavy atom. The molecule has 0 atom stereocenters. The summed E-state index contributed by atoms with van der Waals surface area (Å²) in [4.78, 5) is 25.7. The highest BCUT2D eigenvalue weighted by Gasteiger charge is 2.14. The van der Waals surface area contributed by atoms with Gasteiger partial charge in [-0.05, 0) is 30.7 Å². The summed E-state index contributed by atoms with van der Waals surface area (Å²) in [6.45, 7) is 4.05. The van der Waals surface area contributed by atoms with Crippen LogP contribution in [-0.4, -0.2) is 35.3 Å². The van der Waals surface area contributed by atoms with Crippen molar-refractivity contribution in [2.75, 3.05) is 20.3 Å². The Hall–Kier alpha value is -3.38. The topological polar surface area (TPSA) is 65.3 Å². The summed E-state index contributed by atoms with van der Waals surface area (Å²) in [5, 5.41) is 5.43. The van der Waals surface area contributed by atoms with Crippen LogP contribution in [0.1, 0.15) is 15.9 Å². The molecule has 2 aromatic carbocycles. The number of amides is 1. The van der Waals surface area contributed by atoms with Crippen molar-refractivity contribution in [3.8, 4) is 0 Å². The summed E-state index contributed by atoms with van der Waals surface area (Å²) in [7, 11) is 1.59. The van der Waals surface area contributed by atoms with Gasteiger partial charge in [0.25, 0.3) is 11.5 Å². The van der Waals surface area contributed by atoms with Gasteiger partial charge >= 0.3 is 0 Å². The molecule has 6 heteroatoms. The standard InChI is InChI=1S/C24H25N3O3/c1-17-6-5-9-22-18(17)10-12-26(22)13-11-25-23(28)21-16-27(14-15-30-2)24(29)20-8-4-3-7-19(20)21/h3-10,12,16H,11,13-15H2,1-2H3,(H,25,28). The minimum absolute atomic E-state index is 0.117. The van der Waals surface area contributed by atoms with E-state index in [2.05, 4.69) is 35.0 Å². The molecular formula is C24H25N3O3. The fourth-order valence-electron chi connectivity index (χ4n) is 3.84. The Labute approximate surface area is 174 Å². The Morgan fingerprint density at radius 1 is 0.967 bits per heavy atom. The Morgan fingerprint density at radius 3 is 2.57 bits per heavy atom. The molecule has 1 N–H and O–H groups in total. The third kappa shape index (κ3) is 3.74. The smallest absolute Gasteiger partial charge is 0.258 e. The number of pyridine rings is 1. The number of rotatable bonds is 7. The zero-order chi connectivity index (χ0) is 21.1. The van der Waals surface area contributed by atoms with E-state index < -0.39 is 0 Å². The number of nitrogens with one attached hydrogen (secondary N) is 1. The van der Waals surface area contributed by atoms with Crippen molar-refractivity contribution in [1.82, 2.24) is 14.5 Å². The molecule has 0 aliphatic heterocycles. The van der Waals surface area contributed by atoms with Gasteiger partial charge in [-0.1, -0.05) is 30.3 Å². The lowest BCUT2D eigenvalue weighted by atomic mass is 10.1. The molecule has 2 aromatic heterocycles. The maximum atomic E-state index is 13.0. The van der Waals surface area contributed by atoms with Crippen LogP contribution in [0, 0.1) is 6.92 Å². The van der Waals surface area contributed by atoms with Crippen LogP contribution in [-0.2, 0) is 17.8 Å². The van der Waals surface area contributed by atoms with Crippen molar-refractivity contribution in [3.63, 3.8) is 0 Å². The summed E-state index contributed by atoms with van der Waals surface area (Å²) < 4.78 is 8.78. The number of hydrogen-bond donors (Lipinski definition) is 1. The predicted octanol–water partition coefficient (Wildman–Crippen LogP) is 3.34. The molecule has 0 bridgehead atoms. The summed E-state index contributed by atoms with van der Waals surface area (Å²) >= 11 is 0. The molecule has 0 unspecified atom stereocenters. The van der Waals surface area contributed by atoms with E-state index in [-0.39, 0.29) is 11.5 Å². The van der Waals surface area contributed by atoms with E-state index in [1.54, 1.807) is 23.9 Å². The lowest BCUT2D eigenvalue weighted by Crippen LogP contribution is -2.30. The normalized spacial score (nSPS) is 11.3. The van der Waals surface area contributed by atoms with Gasteiger partial charge in [-0.2, -0.15) is 0 Å². The van der Waals surface area contributed by atoms with Crippen molar-refractivity contribution < 1.29 is 9.53 Å². The zero-order valence-corrected chi connectivity index (χ0v) is 17.2. The van der Waals surface area contributed by atoms with Crippen molar-refractivity contribution in [3.05, 3.63) is 82.4 Å². The van der Waals surface area contributed by atoms with E-state index in [1.165, 1.54) is 10.9 Å². The third-order valence-corrected chi connectivity index (χ3v) is 5.44. The van der Waals surface area contributed by atoms with Gasteiger partial charge in [-0.25, -0.2) is 0 Å². The molecule has 0 spiro atoms. The van der Waals surface area contributed by atoms with Crippen LogP contribution >= 0.6 is 0 Å². The van der Waals surface area contributed by atoms with E-state index in [1.807, 2.05) is 30.5 Å². The van der Waals surface area contributed by atoms with Crippen LogP contribution in [0.5, 0.6) is 0 Å². The van der Waals surface area contributed by atoms with Gasteiger partial charge in [0.05, 0.1) is 12.2 Å². The van der Waals surface area contributed by atoms with Gasteiger partial charge in [0.15, 0.2) is 0 Å². The second-order valence-corrected chi connectivity index (χ2v) is 7.35. The first-order valence-corrected chi connectivity index (χ1v) is 10.0. The van der Waals surface area contributed by atoms with Gasteiger partial charge in [-0.3, -0.25) is 9.59 Å². The molecule has 0 saturated carbocycles. The van der Waals surface area contributed by atoms with Crippen LogP contribution in [0.4, 0.5) is 0 Å². The highest BCUT2D eigenvalue weighted by molar-refractivity contribution is 6.06. The highest BCUT2D eigenvalue weighted by Crippen LogP contribution is 2.19. The summed E-state index contributed by atoms with van der Waals surface area (Å²) in [6, 6.07) is 15.5. The van der Waals surface area contributed by atoms with Crippen LogP contribution in [0.3, 0.4) is 0 Å². The monoisotopic (exact) mass is 403 g/mol. The minimum atomic E-state index is -0.190. The largest absolute Gasteiger partial charge is 0.383 e. The molecule has 4 aromatic rings. The first kappa shape index (κ1) is 19.9. The fraction of sp³-hybridized carbons (Fsp3) is 0.250. The summed E-state index contributed by atoms with van der Waals surface area (Å²) in [5.74, 6) is -0.190. The number of hydrogen-bond acceptors (Lipinski definition) is 3. The maximum Gasteiger partial charge on any atom is 0.258 e. The minimum Gasteiger partial charge on any atom is -0.383 e. The second kappa shape index (κ2) is 8.55. The van der Waals surface area contributed by atoms with Crippen LogP contribution < -0.4 is 10.9 Å². The zero-order valence-electron chi connectivity index (χ0n) is 17.2. The number of carbonyl (C=O) groups excluding carboxylic acids is 1. The maximum absolute atomic E-state index is 13.0. The Kier molecular flexibility index (Phi) is 5.68. The number of benzene rings is 2. The lowest BCUT2D eigenvalue weighted by Gasteiger charge is -2.13. The number of aromatic nitrogens is 2. The van der Waals surface area contributed by atoms with Crippen molar-refractivity contribution in [2.45, 2.75) is 20.0 Å². The van der Waals surface area contributed by atoms with E-state index in [9.17, 15) is 9.59 Å². The number of ether oxygens (including phenoxy) is 1.